The lowest BCUT2D eigenvalue weighted by Crippen LogP contribution is -2.40. The summed E-state index contributed by atoms with van der Waals surface area (Å²) < 4.78 is 16.4. The number of urea groups is 1. The van der Waals surface area contributed by atoms with E-state index >= 15 is 0 Å². The van der Waals surface area contributed by atoms with Gasteiger partial charge < -0.3 is 15.1 Å². The van der Waals surface area contributed by atoms with Crippen molar-refractivity contribution >= 4 is 33.6 Å². The number of halogens is 2. The van der Waals surface area contributed by atoms with Crippen LogP contribution >= 0.6 is 15.9 Å². The van der Waals surface area contributed by atoms with E-state index in [1.807, 2.05) is 11.9 Å². The molecule has 9 heteroatoms. The monoisotopic (exact) mass is 463 g/mol. The second-order valence-corrected chi connectivity index (χ2v) is 8.39. The van der Waals surface area contributed by atoms with E-state index < -0.39 is 11.8 Å². The number of amides is 3. The minimum absolute atomic E-state index is 0.0669. The van der Waals surface area contributed by atoms with Gasteiger partial charge in [0.15, 0.2) is 5.69 Å². The Kier molecular flexibility index (Phi) is 5.58. The molecule has 0 bridgehead atoms. The van der Waals surface area contributed by atoms with E-state index in [-0.39, 0.29) is 18.1 Å². The van der Waals surface area contributed by atoms with Crippen LogP contribution in [-0.4, -0.2) is 51.2 Å². The summed E-state index contributed by atoms with van der Waals surface area (Å²) in [7, 11) is 1.83. The number of aromatic nitrogens is 2. The first-order valence-corrected chi connectivity index (χ1v) is 10.6. The van der Waals surface area contributed by atoms with Crippen molar-refractivity contribution in [3.63, 3.8) is 0 Å². The number of aryl methyl sites for hydroxylation is 1. The molecular weight excluding hydrogens is 441 g/mol. The van der Waals surface area contributed by atoms with Crippen LogP contribution in [0, 0.1) is 5.82 Å². The fourth-order valence-corrected chi connectivity index (χ4v) is 4.30. The van der Waals surface area contributed by atoms with Crippen molar-refractivity contribution in [2.45, 2.75) is 32.2 Å². The summed E-state index contributed by atoms with van der Waals surface area (Å²) in [5.74, 6) is -0.574. The molecular formula is C20H23BrFN5O2. The molecule has 1 aromatic carbocycles. The largest absolute Gasteiger partial charge is 0.337 e. The van der Waals surface area contributed by atoms with E-state index in [1.165, 1.54) is 12.1 Å². The van der Waals surface area contributed by atoms with Crippen LogP contribution in [0.1, 0.15) is 41.0 Å². The first-order valence-electron chi connectivity index (χ1n) is 9.79. The molecule has 1 saturated heterocycles. The molecule has 0 unspecified atom stereocenters. The molecule has 2 aromatic rings. The van der Waals surface area contributed by atoms with Crippen LogP contribution in [0.3, 0.4) is 0 Å². The van der Waals surface area contributed by atoms with Crippen molar-refractivity contribution in [2.24, 2.45) is 7.05 Å². The Balaban J connectivity index is 1.52. The Morgan fingerprint density at radius 1 is 1.14 bits per heavy atom. The van der Waals surface area contributed by atoms with Gasteiger partial charge >= 0.3 is 6.03 Å². The van der Waals surface area contributed by atoms with Crippen LogP contribution < -0.4 is 5.32 Å². The van der Waals surface area contributed by atoms with Crippen LogP contribution in [0.15, 0.2) is 22.7 Å². The van der Waals surface area contributed by atoms with Gasteiger partial charge in [-0.25, -0.2) is 9.18 Å². The summed E-state index contributed by atoms with van der Waals surface area (Å²) in [5, 5.41) is 7.10. The number of hydrogen-bond acceptors (Lipinski definition) is 3. The summed E-state index contributed by atoms with van der Waals surface area (Å²) >= 11 is 3.21. The standard InChI is InChI=1S/C20H23BrFN5O2/c1-25-17-7-10-27(20(29)23-16-6-5-13(21)11-15(16)22)12-14(17)18(24-25)19(28)26-8-3-2-4-9-26/h5-6,11H,2-4,7-10,12H2,1H3,(H,23,29). The number of nitrogens with zero attached hydrogens (tertiary/aromatic N) is 4. The Bertz CT molecular complexity index is 955. The van der Waals surface area contributed by atoms with Crippen molar-refractivity contribution in [3.05, 3.63) is 45.4 Å². The number of fused-ring (bicyclic) bond motifs is 1. The molecule has 1 fully saturated rings. The van der Waals surface area contributed by atoms with Gasteiger partial charge in [0, 0.05) is 48.8 Å². The minimum Gasteiger partial charge on any atom is -0.337 e. The average molecular weight is 464 g/mol. The third kappa shape index (κ3) is 4.01. The SMILES string of the molecule is Cn1nc(C(=O)N2CCCCC2)c2c1CCN(C(=O)Nc1ccc(Br)cc1F)C2. The number of hydrogen-bond donors (Lipinski definition) is 1. The number of likely N-dealkylation sites (tertiary alicyclic amines) is 1. The smallest absolute Gasteiger partial charge is 0.322 e. The maximum absolute atomic E-state index is 14.1. The van der Waals surface area contributed by atoms with Crippen molar-refractivity contribution < 1.29 is 14.0 Å². The molecule has 1 N–H and O–H groups in total. The highest BCUT2D eigenvalue weighted by molar-refractivity contribution is 9.10. The number of rotatable bonds is 2. The predicted octanol–water partition coefficient (Wildman–Crippen LogP) is 3.54. The molecule has 4 rings (SSSR count). The number of carbonyl (C=O) groups excluding carboxylic acids is 2. The highest BCUT2D eigenvalue weighted by Gasteiger charge is 2.31. The average Bonchev–Trinajstić information content (AvgIpc) is 3.06. The maximum Gasteiger partial charge on any atom is 0.322 e. The Morgan fingerprint density at radius 2 is 1.90 bits per heavy atom. The molecule has 2 aliphatic heterocycles. The number of benzene rings is 1. The van der Waals surface area contributed by atoms with Crippen LogP contribution in [0.25, 0.3) is 0 Å². The fraction of sp³-hybridized carbons (Fsp3) is 0.450. The molecule has 0 saturated carbocycles. The Morgan fingerprint density at radius 3 is 2.62 bits per heavy atom. The molecule has 7 nitrogen and oxygen atoms in total. The van der Waals surface area contributed by atoms with Crippen LogP contribution in [0.5, 0.6) is 0 Å². The summed E-state index contributed by atoms with van der Waals surface area (Å²) in [4.78, 5) is 29.2. The molecule has 0 radical (unpaired) electrons. The van der Waals surface area contributed by atoms with Gasteiger partial charge in [-0.15, -0.1) is 0 Å². The Labute approximate surface area is 177 Å². The van der Waals surface area contributed by atoms with Gasteiger partial charge in [-0.2, -0.15) is 5.10 Å². The topological polar surface area (TPSA) is 70.5 Å². The van der Waals surface area contributed by atoms with Gasteiger partial charge in [-0.1, -0.05) is 15.9 Å². The van der Waals surface area contributed by atoms with Crippen molar-refractivity contribution in [1.82, 2.24) is 19.6 Å². The second-order valence-electron chi connectivity index (χ2n) is 7.48. The third-order valence-electron chi connectivity index (χ3n) is 5.55. The van der Waals surface area contributed by atoms with Gasteiger partial charge in [0.2, 0.25) is 0 Å². The van der Waals surface area contributed by atoms with Crippen LogP contribution in [0.4, 0.5) is 14.9 Å². The third-order valence-corrected chi connectivity index (χ3v) is 6.04. The van der Waals surface area contributed by atoms with Crippen molar-refractivity contribution in [2.75, 3.05) is 25.0 Å². The lowest BCUT2D eigenvalue weighted by molar-refractivity contribution is 0.0715. The molecule has 2 aliphatic rings. The highest BCUT2D eigenvalue weighted by Crippen LogP contribution is 2.26. The zero-order valence-corrected chi connectivity index (χ0v) is 17.8. The predicted molar refractivity (Wildman–Crippen MR) is 110 cm³/mol. The van der Waals surface area contributed by atoms with Gasteiger partial charge in [0.05, 0.1) is 12.2 Å². The van der Waals surface area contributed by atoms with Gasteiger partial charge in [-0.05, 0) is 37.5 Å². The molecule has 154 valence electrons. The zero-order chi connectivity index (χ0) is 20.5. The number of carbonyl (C=O) groups is 2. The lowest BCUT2D eigenvalue weighted by atomic mass is 10.0. The van der Waals surface area contributed by atoms with E-state index in [1.54, 1.807) is 15.6 Å². The summed E-state index contributed by atoms with van der Waals surface area (Å²) in [6.07, 6.45) is 3.76. The van der Waals surface area contributed by atoms with Crippen LogP contribution in [0.2, 0.25) is 0 Å². The van der Waals surface area contributed by atoms with Crippen molar-refractivity contribution in [1.29, 1.82) is 0 Å². The molecule has 3 heterocycles. The van der Waals surface area contributed by atoms with E-state index in [0.29, 0.717) is 23.1 Å². The van der Waals surface area contributed by atoms with Gasteiger partial charge in [0.25, 0.3) is 5.91 Å². The minimum atomic E-state index is -0.507. The number of piperidine rings is 1. The lowest BCUT2D eigenvalue weighted by Gasteiger charge is -2.29. The number of anilines is 1. The molecule has 3 amide bonds. The highest BCUT2D eigenvalue weighted by atomic mass is 79.9. The fourth-order valence-electron chi connectivity index (χ4n) is 3.97. The van der Waals surface area contributed by atoms with E-state index in [2.05, 4.69) is 26.3 Å². The van der Waals surface area contributed by atoms with E-state index in [4.69, 9.17) is 0 Å². The van der Waals surface area contributed by atoms with E-state index in [0.717, 1.165) is 43.6 Å². The van der Waals surface area contributed by atoms with E-state index in [9.17, 15) is 14.0 Å². The quantitative estimate of drug-likeness (QED) is 0.740. The number of nitrogens with one attached hydrogen (secondary N) is 1. The molecule has 0 atom stereocenters. The van der Waals surface area contributed by atoms with Crippen molar-refractivity contribution in [3.8, 4) is 0 Å². The zero-order valence-electron chi connectivity index (χ0n) is 16.3. The maximum atomic E-state index is 14.1. The summed E-state index contributed by atoms with van der Waals surface area (Å²) in [5.41, 5.74) is 2.32. The first-order chi connectivity index (χ1) is 13.9. The molecule has 29 heavy (non-hydrogen) atoms. The second kappa shape index (κ2) is 8.14. The van der Waals surface area contributed by atoms with Crippen LogP contribution in [-0.2, 0) is 20.0 Å². The molecule has 0 spiro atoms. The van der Waals surface area contributed by atoms with Gasteiger partial charge in [0.1, 0.15) is 5.82 Å². The Hall–Kier alpha value is -2.42. The summed E-state index contributed by atoms with van der Waals surface area (Å²) in [6, 6.07) is 4.10. The summed E-state index contributed by atoms with van der Waals surface area (Å²) in [6.45, 7) is 2.25. The molecule has 0 aliphatic carbocycles. The first kappa shape index (κ1) is 19.9. The normalized spacial score (nSPS) is 16.5. The molecule has 1 aromatic heterocycles. The van der Waals surface area contributed by atoms with Gasteiger partial charge in [-0.3, -0.25) is 9.48 Å².